The third kappa shape index (κ3) is 3.84. The van der Waals surface area contributed by atoms with E-state index in [1.54, 1.807) is 6.07 Å². The highest BCUT2D eigenvalue weighted by Crippen LogP contribution is 2.67. The van der Waals surface area contributed by atoms with Gasteiger partial charge in [-0.3, -0.25) is 9.78 Å². The van der Waals surface area contributed by atoms with E-state index in [0.717, 1.165) is 32.1 Å². The zero-order valence-electron chi connectivity index (χ0n) is 17.8. The molecule has 2 fully saturated rings. The summed E-state index contributed by atoms with van der Waals surface area (Å²) in [6, 6.07) is 3.04. The van der Waals surface area contributed by atoms with Gasteiger partial charge >= 0.3 is 5.97 Å². The maximum Gasteiger partial charge on any atom is 0.339 e. The van der Waals surface area contributed by atoms with Gasteiger partial charge in [0.05, 0.1) is 5.56 Å². The average molecular weight is 437 g/mol. The van der Waals surface area contributed by atoms with Crippen LogP contribution in [0.3, 0.4) is 0 Å². The second-order valence-electron chi connectivity index (χ2n) is 8.81. The first kappa shape index (κ1) is 23.6. The number of unbranched alkanes of at least 4 members (excludes halogenated alkanes) is 5. The van der Waals surface area contributed by atoms with Crippen LogP contribution < -0.4 is 5.32 Å². The number of esters is 1. The highest BCUT2D eigenvalue weighted by atomic mass is 16.6. The minimum absolute atomic E-state index is 0.173. The number of rotatable bonds is 11. The molecule has 9 nitrogen and oxygen atoms in total. The van der Waals surface area contributed by atoms with Gasteiger partial charge in [0.25, 0.3) is 5.91 Å². The molecular weight excluding hydrogens is 404 g/mol. The summed E-state index contributed by atoms with van der Waals surface area (Å²) in [7, 11) is 0. The summed E-state index contributed by atoms with van der Waals surface area (Å²) >= 11 is 0. The van der Waals surface area contributed by atoms with E-state index in [0.29, 0.717) is 6.54 Å². The van der Waals surface area contributed by atoms with Gasteiger partial charge in [-0.25, -0.2) is 4.79 Å². The fraction of sp³-hybridized carbons (Fsp3) is 0.682. The number of carbonyl (C=O) groups is 2. The van der Waals surface area contributed by atoms with Crippen molar-refractivity contribution in [3.05, 3.63) is 30.1 Å². The molecule has 2 saturated carbocycles. The minimum Gasteiger partial charge on any atom is -0.459 e. The SMILES string of the molecule is CCCCCCCCNC(=O)[C@@]1(O)C[C@@]2(O)[C@](O)(COC(=O)c3cccnc3)C[C@]21O. The molecule has 4 atom stereocenters. The van der Waals surface area contributed by atoms with Gasteiger partial charge in [0.1, 0.15) is 23.4 Å². The van der Waals surface area contributed by atoms with Crippen LogP contribution in [0.4, 0.5) is 0 Å². The second kappa shape index (κ2) is 8.82. The molecule has 31 heavy (non-hydrogen) atoms. The summed E-state index contributed by atoms with van der Waals surface area (Å²) in [5.41, 5.74) is -8.36. The lowest BCUT2D eigenvalue weighted by molar-refractivity contribution is -0.443. The lowest BCUT2D eigenvalue weighted by Crippen LogP contribution is -2.98. The largest absolute Gasteiger partial charge is 0.459 e. The van der Waals surface area contributed by atoms with Crippen LogP contribution in [0.1, 0.15) is 68.6 Å². The Kier molecular flexibility index (Phi) is 6.71. The first-order valence-electron chi connectivity index (χ1n) is 10.9. The Morgan fingerprint density at radius 3 is 2.39 bits per heavy atom. The number of ether oxygens (including phenoxy) is 1. The Morgan fingerprint density at radius 1 is 1.06 bits per heavy atom. The summed E-state index contributed by atoms with van der Waals surface area (Å²) in [4.78, 5) is 28.3. The van der Waals surface area contributed by atoms with E-state index in [1.807, 2.05) is 0 Å². The smallest absolute Gasteiger partial charge is 0.339 e. The fourth-order valence-corrected chi connectivity index (χ4v) is 4.65. The first-order valence-corrected chi connectivity index (χ1v) is 10.9. The Balaban J connectivity index is 1.50. The summed E-state index contributed by atoms with van der Waals surface area (Å²) in [5, 5.41) is 45.5. The summed E-state index contributed by atoms with van der Waals surface area (Å²) < 4.78 is 5.06. The van der Waals surface area contributed by atoms with Gasteiger partial charge in [-0.1, -0.05) is 39.0 Å². The van der Waals surface area contributed by atoms with Crippen molar-refractivity contribution in [2.24, 2.45) is 0 Å². The second-order valence-corrected chi connectivity index (χ2v) is 8.81. The maximum absolute atomic E-state index is 12.5. The molecule has 3 rings (SSSR count). The number of pyridine rings is 1. The Morgan fingerprint density at radius 2 is 1.77 bits per heavy atom. The summed E-state index contributed by atoms with van der Waals surface area (Å²) in [6.45, 7) is 1.90. The molecule has 0 unspecified atom stereocenters. The molecule has 1 aromatic heterocycles. The van der Waals surface area contributed by atoms with Crippen LogP contribution in [0.2, 0.25) is 0 Å². The molecule has 0 spiro atoms. The monoisotopic (exact) mass is 436 g/mol. The number of nitrogens with zero attached hydrogens (tertiary/aromatic N) is 1. The van der Waals surface area contributed by atoms with E-state index >= 15 is 0 Å². The number of fused-ring (bicyclic) bond motifs is 1. The third-order valence-corrected chi connectivity index (χ3v) is 6.73. The summed E-state index contributed by atoms with van der Waals surface area (Å²) in [6.07, 6.45) is 7.99. The Labute approximate surface area is 181 Å². The van der Waals surface area contributed by atoms with Crippen LogP contribution in [0.25, 0.3) is 0 Å². The van der Waals surface area contributed by atoms with E-state index in [-0.39, 0.29) is 5.56 Å². The van der Waals surface area contributed by atoms with Crippen molar-refractivity contribution >= 4 is 11.9 Å². The van der Waals surface area contributed by atoms with E-state index in [4.69, 9.17) is 4.74 Å². The zero-order valence-corrected chi connectivity index (χ0v) is 17.8. The highest BCUT2D eigenvalue weighted by molar-refractivity contribution is 5.90. The molecule has 0 aromatic carbocycles. The third-order valence-electron chi connectivity index (χ3n) is 6.73. The predicted octanol–water partition coefficient (Wildman–Crippen LogP) is 0.447. The quantitative estimate of drug-likeness (QED) is 0.248. The number of nitrogens with one attached hydrogen (secondary N) is 1. The molecule has 1 heterocycles. The molecule has 1 aromatic rings. The van der Waals surface area contributed by atoms with Crippen molar-refractivity contribution < 1.29 is 34.8 Å². The summed E-state index contributed by atoms with van der Waals surface area (Å²) in [5.74, 6) is -1.52. The van der Waals surface area contributed by atoms with Crippen molar-refractivity contribution in [3.8, 4) is 0 Å². The highest BCUT2D eigenvalue weighted by Gasteiger charge is 2.90. The number of hydrogen-bond acceptors (Lipinski definition) is 8. The van der Waals surface area contributed by atoms with Crippen LogP contribution in [0.15, 0.2) is 24.5 Å². The van der Waals surface area contributed by atoms with Crippen LogP contribution in [0, 0.1) is 0 Å². The van der Waals surface area contributed by atoms with E-state index < -0.39 is 53.7 Å². The molecule has 0 aliphatic heterocycles. The Hall–Kier alpha value is -2.07. The number of amides is 1. The van der Waals surface area contributed by atoms with Gasteiger partial charge in [0.15, 0.2) is 5.60 Å². The van der Waals surface area contributed by atoms with Crippen LogP contribution >= 0.6 is 0 Å². The standard InChI is InChI=1S/C22H32N2O7/c1-2-3-4-5-6-7-11-24-18(26)20(28)14-21(29)19(27,13-22(20,21)30)15-31-17(25)16-9-8-10-23-12-16/h8-10,12,27-30H,2-7,11,13-15H2,1H3,(H,24,26)/t19-,20+,21-,22-/m1/s1. The molecule has 0 saturated heterocycles. The maximum atomic E-state index is 12.5. The van der Waals surface area contributed by atoms with Crippen LogP contribution in [-0.4, -0.2) is 72.8 Å². The lowest BCUT2D eigenvalue weighted by atomic mass is 9.37. The molecule has 2 aliphatic rings. The molecule has 2 aliphatic carbocycles. The Bertz CT molecular complexity index is 806. The van der Waals surface area contributed by atoms with Crippen LogP contribution in [0.5, 0.6) is 0 Å². The molecule has 172 valence electrons. The average Bonchev–Trinajstić information content (AvgIpc) is 2.76. The number of aromatic nitrogens is 1. The van der Waals surface area contributed by atoms with Gasteiger partial charge in [-0.2, -0.15) is 0 Å². The van der Waals surface area contributed by atoms with E-state index in [9.17, 15) is 30.0 Å². The number of carbonyl (C=O) groups excluding carboxylic acids is 2. The molecule has 1 amide bonds. The molecule has 9 heteroatoms. The van der Waals surface area contributed by atoms with Gasteiger partial charge in [-0.15, -0.1) is 0 Å². The lowest BCUT2D eigenvalue weighted by Gasteiger charge is -2.75. The van der Waals surface area contributed by atoms with Gasteiger partial charge < -0.3 is 30.5 Å². The van der Waals surface area contributed by atoms with Gasteiger partial charge in [0, 0.05) is 31.8 Å². The van der Waals surface area contributed by atoms with Gasteiger partial charge in [-0.05, 0) is 18.6 Å². The minimum atomic E-state index is -2.21. The molecule has 0 bridgehead atoms. The number of hydrogen-bond donors (Lipinski definition) is 5. The predicted molar refractivity (Wildman–Crippen MR) is 110 cm³/mol. The van der Waals surface area contributed by atoms with Crippen molar-refractivity contribution in [3.63, 3.8) is 0 Å². The van der Waals surface area contributed by atoms with Crippen LogP contribution in [-0.2, 0) is 9.53 Å². The van der Waals surface area contributed by atoms with Crippen molar-refractivity contribution in [2.75, 3.05) is 13.2 Å². The van der Waals surface area contributed by atoms with E-state index in [2.05, 4.69) is 17.2 Å². The molecule has 0 radical (unpaired) electrons. The molecule has 5 N–H and O–H groups in total. The van der Waals surface area contributed by atoms with Crippen molar-refractivity contribution in [1.82, 2.24) is 10.3 Å². The van der Waals surface area contributed by atoms with Gasteiger partial charge in [0.2, 0.25) is 0 Å². The van der Waals surface area contributed by atoms with Crippen molar-refractivity contribution in [1.29, 1.82) is 0 Å². The van der Waals surface area contributed by atoms with Crippen molar-refractivity contribution in [2.45, 2.75) is 80.7 Å². The topological polar surface area (TPSA) is 149 Å². The first-order chi connectivity index (χ1) is 14.6. The molecular formula is C22H32N2O7. The normalized spacial score (nSPS) is 33.6. The van der Waals surface area contributed by atoms with E-state index in [1.165, 1.54) is 24.9 Å². The fourth-order valence-electron chi connectivity index (χ4n) is 4.65. The zero-order chi connectivity index (χ0) is 22.8. The number of aliphatic hydroxyl groups is 4.